The highest BCUT2D eigenvalue weighted by molar-refractivity contribution is 6.03. The fourth-order valence-electron chi connectivity index (χ4n) is 2.27. The van der Waals surface area contributed by atoms with Crippen molar-refractivity contribution in [3.8, 4) is 11.5 Å². The number of carbonyl (C=O) groups is 2. The third-order valence-corrected chi connectivity index (χ3v) is 3.80. The average Bonchev–Trinajstić information content (AvgIpc) is 2.61. The van der Waals surface area contributed by atoms with Gasteiger partial charge in [-0.25, -0.2) is 5.43 Å². The summed E-state index contributed by atoms with van der Waals surface area (Å²) in [6, 6.07) is 10.2. The lowest BCUT2D eigenvalue weighted by atomic mass is 10.1. The number of nitrogens with one attached hydrogen (secondary N) is 2. The zero-order chi connectivity index (χ0) is 19.8. The third-order valence-electron chi connectivity index (χ3n) is 3.80. The number of hydrazone groups is 1. The van der Waals surface area contributed by atoms with E-state index in [-0.39, 0.29) is 12.2 Å². The zero-order valence-electron chi connectivity index (χ0n) is 15.6. The molecule has 0 spiro atoms. The van der Waals surface area contributed by atoms with Crippen LogP contribution < -0.4 is 15.5 Å². The van der Waals surface area contributed by atoms with E-state index in [1.807, 2.05) is 32.9 Å². The number of aryl methyl sites for hydroxylation is 2. The van der Waals surface area contributed by atoms with Crippen LogP contribution in [0.1, 0.15) is 30.0 Å². The summed E-state index contributed by atoms with van der Waals surface area (Å²) in [7, 11) is 0. The van der Waals surface area contributed by atoms with Gasteiger partial charge >= 0.3 is 0 Å². The van der Waals surface area contributed by atoms with E-state index in [1.165, 1.54) is 12.3 Å². The van der Waals surface area contributed by atoms with Gasteiger partial charge in [0.05, 0.1) is 12.8 Å². The highest BCUT2D eigenvalue weighted by atomic mass is 16.5. The first-order valence-electron chi connectivity index (χ1n) is 8.54. The molecule has 142 valence electrons. The van der Waals surface area contributed by atoms with E-state index in [2.05, 4.69) is 15.8 Å². The summed E-state index contributed by atoms with van der Waals surface area (Å²) in [6.07, 6.45) is 1.06. The minimum Gasteiger partial charge on any atom is -0.504 e. The van der Waals surface area contributed by atoms with Crippen molar-refractivity contribution in [3.63, 3.8) is 0 Å². The average molecular weight is 369 g/mol. The molecule has 7 heteroatoms. The molecule has 3 N–H and O–H groups in total. The molecule has 7 nitrogen and oxygen atoms in total. The minimum atomic E-state index is -0.531. The van der Waals surface area contributed by atoms with Crippen LogP contribution in [0.5, 0.6) is 11.5 Å². The fourth-order valence-corrected chi connectivity index (χ4v) is 2.27. The van der Waals surface area contributed by atoms with Gasteiger partial charge in [0, 0.05) is 5.69 Å². The van der Waals surface area contributed by atoms with Crippen LogP contribution in [0.4, 0.5) is 5.69 Å². The number of nitrogens with zero attached hydrogens (tertiary/aromatic N) is 1. The Morgan fingerprint density at radius 1 is 1.11 bits per heavy atom. The Hall–Kier alpha value is -3.35. The Balaban J connectivity index is 1.86. The van der Waals surface area contributed by atoms with Crippen LogP contribution in [0.15, 0.2) is 41.5 Å². The summed E-state index contributed by atoms with van der Waals surface area (Å²) < 4.78 is 5.28. The molecule has 0 bridgehead atoms. The van der Waals surface area contributed by atoms with Crippen molar-refractivity contribution in [1.82, 2.24) is 5.43 Å². The number of hydrogen-bond acceptors (Lipinski definition) is 5. The quantitative estimate of drug-likeness (QED) is 0.397. The van der Waals surface area contributed by atoms with Crippen molar-refractivity contribution in [3.05, 3.63) is 53.1 Å². The van der Waals surface area contributed by atoms with Crippen LogP contribution in [0.2, 0.25) is 0 Å². The van der Waals surface area contributed by atoms with Crippen molar-refractivity contribution in [2.75, 3.05) is 11.9 Å². The summed E-state index contributed by atoms with van der Waals surface area (Å²) in [5, 5.41) is 16.1. The van der Waals surface area contributed by atoms with E-state index in [0.29, 0.717) is 23.6 Å². The number of aromatic hydroxyl groups is 1. The number of hydrogen-bond donors (Lipinski definition) is 3. The molecule has 0 aliphatic heterocycles. The molecule has 2 amide bonds. The molecule has 2 aromatic rings. The van der Waals surface area contributed by atoms with Gasteiger partial charge in [-0.05, 0) is 67.8 Å². The number of benzene rings is 2. The molecule has 0 aliphatic carbocycles. The second kappa shape index (κ2) is 9.38. The monoisotopic (exact) mass is 369 g/mol. The predicted molar refractivity (Wildman–Crippen MR) is 104 cm³/mol. The molecule has 0 unspecified atom stereocenters. The molecule has 0 saturated carbocycles. The van der Waals surface area contributed by atoms with Crippen molar-refractivity contribution in [2.45, 2.75) is 27.2 Å². The van der Waals surface area contributed by atoms with Gasteiger partial charge in [-0.1, -0.05) is 6.07 Å². The van der Waals surface area contributed by atoms with Crippen molar-refractivity contribution in [1.29, 1.82) is 0 Å². The first-order valence-corrected chi connectivity index (χ1v) is 8.54. The van der Waals surface area contributed by atoms with Gasteiger partial charge < -0.3 is 15.2 Å². The molecular formula is C20H23N3O4. The predicted octanol–water partition coefficient (Wildman–Crippen LogP) is 2.89. The van der Waals surface area contributed by atoms with Gasteiger partial charge in [-0.15, -0.1) is 0 Å². The number of carbonyl (C=O) groups excluding carboxylic acids is 2. The number of ether oxygens (including phenoxy) is 1. The maximum Gasteiger partial charge on any atom is 0.249 e. The van der Waals surface area contributed by atoms with Gasteiger partial charge in [0.25, 0.3) is 0 Å². The molecule has 0 fully saturated rings. The van der Waals surface area contributed by atoms with Gasteiger partial charge in [-0.2, -0.15) is 5.10 Å². The van der Waals surface area contributed by atoms with Crippen molar-refractivity contribution < 1.29 is 19.4 Å². The van der Waals surface area contributed by atoms with Crippen LogP contribution in [-0.2, 0) is 9.59 Å². The second-order valence-corrected chi connectivity index (χ2v) is 5.98. The normalized spacial score (nSPS) is 10.6. The molecule has 2 rings (SSSR count). The lowest BCUT2D eigenvalue weighted by Crippen LogP contribution is -2.24. The number of phenolic OH excluding ortho intramolecular Hbond substituents is 1. The first-order chi connectivity index (χ1) is 12.9. The largest absolute Gasteiger partial charge is 0.504 e. The van der Waals surface area contributed by atoms with Gasteiger partial charge in [0.1, 0.15) is 6.42 Å². The van der Waals surface area contributed by atoms with Crippen LogP contribution >= 0.6 is 0 Å². The van der Waals surface area contributed by atoms with Gasteiger partial charge in [0.2, 0.25) is 11.8 Å². The molecule has 0 saturated heterocycles. The maximum absolute atomic E-state index is 11.9. The fraction of sp³-hybridized carbons (Fsp3) is 0.250. The lowest BCUT2D eigenvalue weighted by Gasteiger charge is -2.07. The number of phenols is 1. The highest BCUT2D eigenvalue weighted by Gasteiger charge is 2.09. The maximum atomic E-state index is 11.9. The number of amides is 2. The molecule has 0 aliphatic rings. The smallest absolute Gasteiger partial charge is 0.249 e. The van der Waals surface area contributed by atoms with E-state index in [1.54, 1.807) is 18.2 Å². The Labute approximate surface area is 158 Å². The SMILES string of the molecule is CCOc1cc(/C=N/NC(=O)CC(=O)Nc2ccc(C)c(C)c2)ccc1O. The Bertz CT molecular complexity index is 862. The third kappa shape index (κ3) is 6.14. The molecule has 0 atom stereocenters. The Kier molecular flexibility index (Phi) is 6.93. The zero-order valence-corrected chi connectivity index (χ0v) is 15.6. The van der Waals surface area contributed by atoms with E-state index < -0.39 is 11.8 Å². The van der Waals surface area contributed by atoms with Gasteiger partial charge in [0.15, 0.2) is 11.5 Å². The number of anilines is 1. The topological polar surface area (TPSA) is 100 Å². The Morgan fingerprint density at radius 3 is 2.59 bits per heavy atom. The number of rotatable bonds is 7. The summed E-state index contributed by atoms with van der Waals surface area (Å²) >= 11 is 0. The summed E-state index contributed by atoms with van der Waals surface area (Å²) in [6.45, 7) is 6.16. The van der Waals surface area contributed by atoms with E-state index in [9.17, 15) is 14.7 Å². The standard InChI is InChI=1S/C20H23N3O4/c1-4-27-18-10-15(6-8-17(18)24)12-21-23-20(26)11-19(25)22-16-7-5-13(2)14(3)9-16/h5-10,12,24H,4,11H2,1-3H3,(H,22,25)(H,23,26)/b21-12+. The summed E-state index contributed by atoms with van der Waals surface area (Å²) in [5.74, 6) is -0.591. The highest BCUT2D eigenvalue weighted by Crippen LogP contribution is 2.26. The lowest BCUT2D eigenvalue weighted by molar-refractivity contribution is -0.126. The van der Waals surface area contributed by atoms with E-state index >= 15 is 0 Å². The summed E-state index contributed by atoms with van der Waals surface area (Å²) in [5.41, 5.74) is 5.77. The molecule has 27 heavy (non-hydrogen) atoms. The molecular weight excluding hydrogens is 346 g/mol. The Morgan fingerprint density at radius 2 is 1.89 bits per heavy atom. The van der Waals surface area contributed by atoms with Crippen molar-refractivity contribution >= 4 is 23.7 Å². The summed E-state index contributed by atoms with van der Waals surface area (Å²) in [4.78, 5) is 23.8. The molecule has 0 aromatic heterocycles. The van der Waals surface area contributed by atoms with E-state index in [0.717, 1.165) is 11.1 Å². The first kappa shape index (κ1) is 20.0. The van der Waals surface area contributed by atoms with Crippen LogP contribution in [0.3, 0.4) is 0 Å². The second-order valence-electron chi connectivity index (χ2n) is 5.98. The van der Waals surface area contributed by atoms with E-state index in [4.69, 9.17) is 4.74 Å². The van der Waals surface area contributed by atoms with Gasteiger partial charge in [-0.3, -0.25) is 9.59 Å². The molecule has 2 aromatic carbocycles. The molecule has 0 heterocycles. The van der Waals surface area contributed by atoms with Crippen LogP contribution in [0, 0.1) is 13.8 Å². The molecule has 0 radical (unpaired) electrons. The van der Waals surface area contributed by atoms with Crippen LogP contribution in [0.25, 0.3) is 0 Å². The van der Waals surface area contributed by atoms with Crippen molar-refractivity contribution in [2.24, 2.45) is 5.10 Å². The minimum absolute atomic E-state index is 0.0287. The van der Waals surface area contributed by atoms with Crippen LogP contribution in [-0.4, -0.2) is 29.7 Å².